The summed E-state index contributed by atoms with van der Waals surface area (Å²) in [5, 5.41) is 12.8. The second-order valence-corrected chi connectivity index (χ2v) is 8.22. The molecule has 2 saturated heterocycles. The first kappa shape index (κ1) is 20.0. The average Bonchev–Trinajstić information content (AvgIpc) is 3.02. The van der Waals surface area contributed by atoms with Gasteiger partial charge < -0.3 is 20.1 Å². The van der Waals surface area contributed by atoms with Crippen molar-refractivity contribution in [1.82, 2.24) is 15.1 Å². The zero-order chi connectivity index (χ0) is 19.4. The van der Waals surface area contributed by atoms with E-state index < -0.39 is 0 Å². The van der Waals surface area contributed by atoms with Crippen LogP contribution in [0.4, 0.5) is 0 Å². The summed E-state index contributed by atoms with van der Waals surface area (Å²) in [7, 11) is 3.71. The highest BCUT2D eigenvalue weighted by molar-refractivity contribution is 5.82. The summed E-state index contributed by atoms with van der Waals surface area (Å²) in [4.78, 5) is 17.7. The van der Waals surface area contributed by atoms with Crippen molar-refractivity contribution >= 4 is 5.91 Å². The van der Waals surface area contributed by atoms with E-state index in [-0.39, 0.29) is 17.7 Å². The number of methoxy groups -OCH3 is 1. The first-order valence-electron chi connectivity index (χ1n) is 10.0. The summed E-state index contributed by atoms with van der Waals surface area (Å²) in [5.41, 5.74) is 1.22. The second kappa shape index (κ2) is 8.48. The SMILES string of the molecule is CCCN1CC2(CCN(C)CC2)C[C@H]1C(=O)NCc1ccc(O)c(OC)c1. The number of nitrogens with zero attached hydrogens (tertiary/aromatic N) is 2. The number of rotatable bonds is 6. The van der Waals surface area contributed by atoms with Crippen molar-refractivity contribution in [1.29, 1.82) is 0 Å². The molecular formula is C21H33N3O3. The molecule has 2 aliphatic heterocycles. The lowest BCUT2D eigenvalue weighted by Crippen LogP contribution is -2.43. The van der Waals surface area contributed by atoms with Crippen LogP contribution in [-0.4, -0.2) is 67.2 Å². The van der Waals surface area contributed by atoms with Gasteiger partial charge in [-0.15, -0.1) is 0 Å². The van der Waals surface area contributed by atoms with Crippen LogP contribution in [0.5, 0.6) is 11.5 Å². The Hall–Kier alpha value is -1.79. The summed E-state index contributed by atoms with van der Waals surface area (Å²) >= 11 is 0. The van der Waals surface area contributed by atoms with Crippen LogP contribution in [0, 0.1) is 5.41 Å². The van der Waals surface area contributed by atoms with Gasteiger partial charge in [-0.1, -0.05) is 13.0 Å². The van der Waals surface area contributed by atoms with E-state index >= 15 is 0 Å². The third-order valence-electron chi connectivity index (χ3n) is 6.18. The van der Waals surface area contributed by atoms with Crippen molar-refractivity contribution in [3.63, 3.8) is 0 Å². The van der Waals surface area contributed by atoms with Crippen molar-refractivity contribution in [3.8, 4) is 11.5 Å². The first-order chi connectivity index (χ1) is 13.0. The van der Waals surface area contributed by atoms with Crippen LogP contribution >= 0.6 is 0 Å². The highest BCUT2D eigenvalue weighted by atomic mass is 16.5. The van der Waals surface area contributed by atoms with Gasteiger partial charge >= 0.3 is 0 Å². The van der Waals surface area contributed by atoms with Gasteiger partial charge in [-0.3, -0.25) is 9.69 Å². The van der Waals surface area contributed by atoms with Crippen LogP contribution in [0.15, 0.2) is 18.2 Å². The van der Waals surface area contributed by atoms with E-state index in [1.165, 1.54) is 20.0 Å². The summed E-state index contributed by atoms with van der Waals surface area (Å²) in [6.07, 6.45) is 4.39. The molecule has 1 aromatic carbocycles. The van der Waals surface area contributed by atoms with Gasteiger partial charge in [0.2, 0.25) is 5.91 Å². The number of piperidine rings is 1. The van der Waals surface area contributed by atoms with Gasteiger partial charge in [-0.25, -0.2) is 0 Å². The highest BCUT2D eigenvalue weighted by Gasteiger charge is 2.47. The Kier molecular flexibility index (Phi) is 6.27. The molecule has 0 unspecified atom stereocenters. The molecule has 1 spiro atoms. The minimum atomic E-state index is -0.0348. The predicted octanol–water partition coefficient (Wildman–Crippen LogP) is 2.21. The maximum atomic E-state index is 13.0. The number of aromatic hydroxyl groups is 1. The monoisotopic (exact) mass is 375 g/mol. The summed E-state index contributed by atoms with van der Waals surface area (Å²) < 4.78 is 5.15. The second-order valence-electron chi connectivity index (χ2n) is 8.22. The molecule has 2 fully saturated rings. The minimum Gasteiger partial charge on any atom is -0.504 e. The van der Waals surface area contributed by atoms with Crippen molar-refractivity contribution in [2.45, 2.75) is 45.2 Å². The fourth-order valence-electron chi connectivity index (χ4n) is 4.52. The molecule has 3 rings (SSSR count). The summed E-state index contributed by atoms with van der Waals surface area (Å²) in [6, 6.07) is 5.15. The van der Waals surface area contributed by atoms with Crippen molar-refractivity contribution < 1.29 is 14.6 Å². The van der Waals surface area contributed by atoms with Gasteiger partial charge in [0.1, 0.15) is 0 Å². The fraction of sp³-hybridized carbons (Fsp3) is 0.667. The molecule has 6 heteroatoms. The Balaban J connectivity index is 1.63. The maximum Gasteiger partial charge on any atom is 0.237 e. The molecule has 6 nitrogen and oxygen atoms in total. The molecule has 0 aliphatic carbocycles. The third-order valence-corrected chi connectivity index (χ3v) is 6.18. The number of phenols is 1. The molecule has 1 atom stereocenters. The smallest absolute Gasteiger partial charge is 0.237 e. The Morgan fingerprint density at radius 3 is 2.78 bits per heavy atom. The summed E-state index contributed by atoms with van der Waals surface area (Å²) in [5.74, 6) is 0.661. The molecule has 0 bridgehead atoms. The van der Waals surface area contributed by atoms with Crippen molar-refractivity contribution in [2.24, 2.45) is 5.41 Å². The average molecular weight is 376 g/mol. The van der Waals surface area contributed by atoms with E-state index in [0.29, 0.717) is 17.7 Å². The molecule has 0 saturated carbocycles. The minimum absolute atomic E-state index is 0.0348. The third kappa shape index (κ3) is 4.55. The van der Waals surface area contributed by atoms with E-state index in [0.717, 1.165) is 44.6 Å². The number of carbonyl (C=O) groups excluding carboxylic acids is 1. The van der Waals surface area contributed by atoms with Crippen LogP contribution in [-0.2, 0) is 11.3 Å². The highest BCUT2D eigenvalue weighted by Crippen LogP contribution is 2.43. The molecule has 27 heavy (non-hydrogen) atoms. The normalized spacial score (nSPS) is 22.9. The number of amides is 1. The number of likely N-dealkylation sites (tertiary alicyclic amines) is 2. The van der Waals surface area contributed by atoms with E-state index in [1.54, 1.807) is 12.1 Å². The first-order valence-corrected chi connectivity index (χ1v) is 10.0. The van der Waals surface area contributed by atoms with E-state index in [4.69, 9.17) is 4.74 Å². The molecule has 0 radical (unpaired) electrons. The lowest BCUT2D eigenvalue weighted by Gasteiger charge is -2.37. The molecule has 2 heterocycles. The summed E-state index contributed by atoms with van der Waals surface area (Å²) in [6.45, 7) is 6.89. The lowest BCUT2D eigenvalue weighted by atomic mass is 9.76. The van der Waals surface area contributed by atoms with Gasteiger partial charge in [0, 0.05) is 13.1 Å². The number of phenolic OH excluding ortho intramolecular Hbond substituents is 1. The number of ether oxygens (including phenoxy) is 1. The van der Waals surface area contributed by atoms with Gasteiger partial charge in [0.15, 0.2) is 11.5 Å². The van der Waals surface area contributed by atoms with Crippen LogP contribution in [0.1, 0.15) is 38.2 Å². The molecule has 1 aromatic rings. The van der Waals surface area contributed by atoms with Gasteiger partial charge in [0.05, 0.1) is 13.2 Å². The van der Waals surface area contributed by atoms with Crippen LogP contribution in [0.2, 0.25) is 0 Å². The zero-order valence-electron chi connectivity index (χ0n) is 16.8. The quantitative estimate of drug-likeness (QED) is 0.798. The van der Waals surface area contributed by atoms with Gasteiger partial charge in [-0.2, -0.15) is 0 Å². The fourth-order valence-corrected chi connectivity index (χ4v) is 4.52. The van der Waals surface area contributed by atoms with E-state index in [1.807, 2.05) is 6.07 Å². The zero-order valence-corrected chi connectivity index (χ0v) is 16.8. The molecular weight excluding hydrogens is 342 g/mol. The maximum absolute atomic E-state index is 13.0. The Morgan fingerprint density at radius 2 is 2.11 bits per heavy atom. The number of nitrogens with one attached hydrogen (secondary N) is 1. The number of carbonyl (C=O) groups is 1. The van der Waals surface area contributed by atoms with Crippen molar-refractivity contribution in [2.75, 3.05) is 40.3 Å². The van der Waals surface area contributed by atoms with Crippen LogP contribution in [0.25, 0.3) is 0 Å². The molecule has 0 aromatic heterocycles. The largest absolute Gasteiger partial charge is 0.504 e. The van der Waals surface area contributed by atoms with E-state index in [2.05, 4.69) is 29.1 Å². The molecule has 2 aliphatic rings. The standard InChI is InChI=1S/C21H33N3O3/c1-4-9-24-15-21(7-10-23(2)11-8-21)13-17(24)20(26)22-14-16-5-6-18(25)19(12-16)27-3/h5-6,12,17,25H,4,7-11,13-15H2,1-3H3,(H,22,26)/t17-/m0/s1. The number of hydrogen-bond donors (Lipinski definition) is 2. The van der Waals surface area contributed by atoms with E-state index in [9.17, 15) is 9.90 Å². The molecule has 150 valence electrons. The van der Waals surface area contributed by atoms with Gasteiger partial charge in [-0.05, 0) is 75.5 Å². The Morgan fingerprint density at radius 1 is 1.37 bits per heavy atom. The number of benzene rings is 1. The Bertz CT molecular complexity index is 656. The van der Waals surface area contributed by atoms with Crippen molar-refractivity contribution in [3.05, 3.63) is 23.8 Å². The Labute approximate surface area is 162 Å². The lowest BCUT2D eigenvalue weighted by molar-refractivity contribution is -0.125. The number of hydrogen-bond acceptors (Lipinski definition) is 5. The molecule has 2 N–H and O–H groups in total. The molecule has 1 amide bonds. The predicted molar refractivity (Wildman–Crippen MR) is 106 cm³/mol. The van der Waals surface area contributed by atoms with Crippen LogP contribution < -0.4 is 10.1 Å². The van der Waals surface area contributed by atoms with Gasteiger partial charge in [0.25, 0.3) is 0 Å². The van der Waals surface area contributed by atoms with Crippen LogP contribution in [0.3, 0.4) is 0 Å². The topological polar surface area (TPSA) is 65.0 Å².